The average molecular weight is 382 g/mol. The van der Waals surface area contributed by atoms with Crippen LogP contribution in [0.2, 0.25) is 0 Å². The van der Waals surface area contributed by atoms with Crippen molar-refractivity contribution < 1.29 is 9.26 Å². The minimum Gasteiger partial charge on any atom is -0.488 e. The van der Waals surface area contributed by atoms with E-state index in [0.29, 0.717) is 11.8 Å². The fraction of sp³-hybridized carbons (Fsp3) is 0.450. The molecule has 0 spiro atoms. The van der Waals surface area contributed by atoms with Gasteiger partial charge >= 0.3 is 0 Å². The van der Waals surface area contributed by atoms with Crippen LogP contribution in [0.1, 0.15) is 41.6 Å². The number of para-hydroxylation sites is 1. The van der Waals surface area contributed by atoms with E-state index in [-0.39, 0.29) is 6.10 Å². The smallest absolute Gasteiger partial charge is 0.261 e. The first-order valence-electron chi connectivity index (χ1n) is 9.47. The molecule has 1 unspecified atom stereocenters. The van der Waals surface area contributed by atoms with Crippen LogP contribution in [0.4, 0.5) is 0 Å². The quantitative estimate of drug-likeness (QED) is 0.641. The summed E-state index contributed by atoms with van der Waals surface area (Å²) in [6, 6.07) is 7.96. The van der Waals surface area contributed by atoms with Crippen molar-refractivity contribution in [3.63, 3.8) is 0 Å². The molecule has 1 saturated heterocycles. The molecule has 1 atom stereocenters. The number of nitrogens with zero attached hydrogens (tertiary/aromatic N) is 4. The first-order valence-corrected chi connectivity index (χ1v) is 10.3. The second-order valence-electron chi connectivity index (χ2n) is 7.35. The molecule has 5 rings (SSSR count). The number of hydrogen-bond donors (Lipinski definition) is 0. The molecular formula is C20H22N4O2S. The molecule has 1 aromatic carbocycles. The number of benzene rings is 1. The zero-order valence-electron chi connectivity index (χ0n) is 15.3. The zero-order valence-corrected chi connectivity index (χ0v) is 16.1. The third-order valence-corrected chi connectivity index (χ3v) is 6.16. The van der Waals surface area contributed by atoms with E-state index in [1.807, 2.05) is 29.8 Å². The summed E-state index contributed by atoms with van der Waals surface area (Å²) in [5.74, 6) is 2.69. The summed E-state index contributed by atoms with van der Waals surface area (Å²) in [6.45, 7) is 4.98. The van der Waals surface area contributed by atoms with Gasteiger partial charge in [0.05, 0.1) is 16.8 Å². The number of likely N-dealkylation sites (tertiary alicyclic amines) is 1. The van der Waals surface area contributed by atoms with Gasteiger partial charge in [-0.1, -0.05) is 17.3 Å². The van der Waals surface area contributed by atoms with Gasteiger partial charge in [-0.3, -0.25) is 4.90 Å². The molecule has 0 bridgehead atoms. The van der Waals surface area contributed by atoms with Crippen molar-refractivity contribution in [1.82, 2.24) is 20.0 Å². The van der Waals surface area contributed by atoms with Crippen LogP contribution in [0, 0.1) is 6.92 Å². The van der Waals surface area contributed by atoms with E-state index in [9.17, 15) is 0 Å². The van der Waals surface area contributed by atoms with E-state index >= 15 is 0 Å². The fourth-order valence-corrected chi connectivity index (χ4v) is 4.31. The molecule has 0 amide bonds. The predicted octanol–water partition coefficient (Wildman–Crippen LogP) is 4.03. The first kappa shape index (κ1) is 16.9. The van der Waals surface area contributed by atoms with Crippen molar-refractivity contribution in [2.24, 2.45) is 0 Å². The van der Waals surface area contributed by atoms with Crippen molar-refractivity contribution in [3.05, 3.63) is 46.2 Å². The van der Waals surface area contributed by atoms with Gasteiger partial charge in [0.15, 0.2) is 5.82 Å². The maximum absolute atomic E-state index is 6.34. The van der Waals surface area contributed by atoms with Gasteiger partial charge in [-0.2, -0.15) is 4.98 Å². The molecule has 140 valence electrons. The molecule has 2 aromatic heterocycles. The largest absolute Gasteiger partial charge is 0.488 e. The van der Waals surface area contributed by atoms with Crippen LogP contribution in [0.3, 0.4) is 0 Å². The first-order chi connectivity index (χ1) is 13.3. The molecule has 3 heterocycles. The standard InChI is InChI=1S/C20H22N4O2S/c1-13-18(27-12-21-13)11-24-9-8-15(10-24)25-17-5-3-2-4-16(17)20-22-19(23-26-20)14-6-7-14/h2-5,12,14-15H,6-11H2,1H3. The Bertz CT molecular complexity index is 933. The Morgan fingerprint density at radius 2 is 2.15 bits per heavy atom. The summed E-state index contributed by atoms with van der Waals surface area (Å²) in [5, 5.41) is 4.13. The highest BCUT2D eigenvalue weighted by atomic mass is 32.1. The molecule has 1 aliphatic carbocycles. The van der Waals surface area contributed by atoms with Gasteiger partial charge in [-0.05, 0) is 38.3 Å². The van der Waals surface area contributed by atoms with Gasteiger partial charge < -0.3 is 9.26 Å². The number of hydrogen-bond acceptors (Lipinski definition) is 7. The molecule has 1 aliphatic heterocycles. The molecule has 1 saturated carbocycles. The highest BCUT2D eigenvalue weighted by Crippen LogP contribution is 2.40. The Balaban J connectivity index is 1.28. The van der Waals surface area contributed by atoms with E-state index < -0.39 is 0 Å². The highest BCUT2D eigenvalue weighted by Gasteiger charge is 2.30. The number of aryl methyl sites for hydroxylation is 1. The fourth-order valence-electron chi connectivity index (χ4n) is 3.50. The van der Waals surface area contributed by atoms with Crippen LogP contribution in [0.25, 0.3) is 11.5 Å². The zero-order chi connectivity index (χ0) is 18.2. The minimum absolute atomic E-state index is 0.171. The molecule has 7 heteroatoms. The molecule has 3 aromatic rings. The van der Waals surface area contributed by atoms with E-state index in [0.717, 1.165) is 61.7 Å². The Morgan fingerprint density at radius 3 is 2.96 bits per heavy atom. The lowest BCUT2D eigenvalue weighted by Gasteiger charge is -2.17. The average Bonchev–Trinajstić information content (AvgIpc) is 3.05. The normalized spacial score (nSPS) is 20.3. The van der Waals surface area contributed by atoms with Crippen molar-refractivity contribution >= 4 is 11.3 Å². The number of aromatic nitrogens is 3. The van der Waals surface area contributed by atoms with Gasteiger partial charge in [0, 0.05) is 30.4 Å². The summed E-state index contributed by atoms with van der Waals surface area (Å²) in [6.07, 6.45) is 3.51. The number of rotatable bonds is 6. The Hall–Kier alpha value is -2.25. The van der Waals surface area contributed by atoms with Crippen LogP contribution < -0.4 is 4.74 Å². The summed E-state index contributed by atoms with van der Waals surface area (Å²) < 4.78 is 11.8. The summed E-state index contributed by atoms with van der Waals surface area (Å²) in [4.78, 5) is 12.7. The predicted molar refractivity (Wildman–Crippen MR) is 103 cm³/mol. The second-order valence-corrected chi connectivity index (χ2v) is 8.29. The SMILES string of the molecule is Cc1ncsc1CN1CCC(Oc2ccccc2-c2nc(C3CC3)no2)C1. The lowest BCUT2D eigenvalue weighted by molar-refractivity contribution is 0.199. The topological polar surface area (TPSA) is 64.3 Å². The maximum atomic E-state index is 6.34. The molecule has 6 nitrogen and oxygen atoms in total. The van der Waals surface area contributed by atoms with Crippen molar-refractivity contribution in [1.29, 1.82) is 0 Å². The summed E-state index contributed by atoms with van der Waals surface area (Å²) >= 11 is 1.73. The van der Waals surface area contributed by atoms with Gasteiger partial charge in [-0.25, -0.2) is 4.98 Å². The molecule has 0 radical (unpaired) electrons. The van der Waals surface area contributed by atoms with Crippen LogP contribution >= 0.6 is 11.3 Å². The number of ether oxygens (including phenoxy) is 1. The molecule has 27 heavy (non-hydrogen) atoms. The molecule has 0 N–H and O–H groups in total. The third kappa shape index (κ3) is 3.61. The summed E-state index contributed by atoms with van der Waals surface area (Å²) in [5.41, 5.74) is 3.94. The van der Waals surface area contributed by atoms with Gasteiger partial charge in [0.1, 0.15) is 11.9 Å². The Labute approximate surface area is 162 Å². The monoisotopic (exact) mass is 382 g/mol. The van der Waals surface area contributed by atoms with Gasteiger partial charge in [-0.15, -0.1) is 11.3 Å². The lowest BCUT2D eigenvalue weighted by atomic mass is 10.2. The van der Waals surface area contributed by atoms with Crippen molar-refractivity contribution in [2.45, 2.75) is 44.8 Å². The summed E-state index contributed by atoms with van der Waals surface area (Å²) in [7, 11) is 0. The van der Waals surface area contributed by atoms with E-state index in [1.165, 1.54) is 4.88 Å². The van der Waals surface area contributed by atoms with Crippen molar-refractivity contribution in [2.75, 3.05) is 13.1 Å². The van der Waals surface area contributed by atoms with Gasteiger partial charge in [0.25, 0.3) is 5.89 Å². The Kier molecular flexibility index (Phi) is 4.41. The minimum atomic E-state index is 0.171. The van der Waals surface area contributed by atoms with E-state index in [4.69, 9.17) is 9.26 Å². The lowest BCUT2D eigenvalue weighted by Crippen LogP contribution is -2.24. The van der Waals surface area contributed by atoms with Crippen LogP contribution in [-0.2, 0) is 6.54 Å². The highest BCUT2D eigenvalue weighted by molar-refractivity contribution is 7.09. The van der Waals surface area contributed by atoms with Crippen LogP contribution in [0.5, 0.6) is 5.75 Å². The second kappa shape index (κ2) is 7.05. The Morgan fingerprint density at radius 1 is 1.26 bits per heavy atom. The number of thiazole rings is 1. The maximum Gasteiger partial charge on any atom is 0.261 e. The van der Waals surface area contributed by atoms with Gasteiger partial charge in [0.2, 0.25) is 0 Å². The molecule has 2 aliphatic rings. The molecular weight excluding hydrogens is 360 g/mol. The van der Waals surface area contributed by atoms with E-state index in [2.05, 4.69) is 26.9 Å². The van der Waals surface area contributed by atoms with Crippen LogP contribution in [-0.4, -0.2) is 39.2 Å². The van der Waals surface area contributed by atoms with Crippen LogP contribution in [0.15, 0.2) is 34.3 Å². The third-order valence-electron chi connectivity index (χ3n) is 5.24. The van der Waals surface area contributed by atoms with Crippen molar-refractivity contribution in [3.8, 4) is 17.2 Å². The van der Waals surface area contributed by atoms with E-state index in [1.54, 1.807) is 11.3 Å². The molecule has 2 fully saturated rings.